The number of esters is 1. The molecule has 1 aliphatic rings. The van der Waals surface area contributed by atoms with E-state index in [2.05, 4.69) is 21.2 Å². The molecule has 0 spiro atoms. The zero-order valence-electron chi connectivity index (χ0n) is 17.9. The lowest BCUT2D eigenvalue weighted by atomic mass is 9.95. The molecule has 0 bridgehead atoms. The van der Waals surface area contributed by atoms with Gasteiger partial charge in [0.2, 0.25) is 0 Å². The quantitative estimate of drug-likeness (QED) is 0.235. The third kappa shape index (κ3) is 5.71. The number of thiophene rings is 1. The molecule has 1 aromatic carbocycles. The molecule has 0 unspecified atom stereocenters. The van der Waals surface area contributed by atoms with E-state index in [1.807, 2.05) is 30.5 Å². The molecule has 1 amide bonds. The summed E-state index contributed by atoms with van der Waals surface area (Å²) in [6.07, 6.45) is 1.60. The molecule has 1 aliphatic heterocycles. The molecule has 0 fully saturated rings. The van der Waals surface area contributed by atoms with Gasteiger partial charge in [0.1, 0.15) is 5.75 Å². The van der Waals surface area contributed by atoms with Gasteiger partial charge < -0.3 is 20.1 Å². The molecule has 3 rings (SSSR count). The summed E-state index contributed by atoms with van der Waals surface area (Å²) in [5.74, 6) is -0.419. The number of hydrogen-bond donors (Lipinski definition) is 3. The lowest BCUT2D eigenvalue weighted by molar-refractivity contribution is -0.139. The van der Waals surface area contributed by atoms with Crippen molar-refractivity contribution < 1.29 is 19.1 Å². The first-order chi connectivity index (χ1) is 15.4. The van der Waals surface area contributed by atoms with Crippen LogP contribution in [0.2, 0.25) is 0 Å². The summed E-state index contributed by atoms with van der Waals surface area (Å²) < 4.78 is 11.0. The number of carbonyl (C=O) groups is 2. The van der Waals surface area contributed by atoms with E-state index in [1.54, 1.807) is 32.2 Å². The van der Waals surface area contributed by atoms with Gasteiger partial charge >= 0.3 is 5.97 Å². The van der Waals surface area contributed by atoms with E-state index in [1.165, 1.54) is 11.3 Å². The van der Waals surface area contributed by atoms with Crippen molar-refractivity contribution in [3.05, 3.63) is 63.0 Å². The van der Waals surface area contributed by atoms with Crippen LogP contribution in [0.4, 0.5) is 0 Å². The number of rotatable bonds is 8. The average Bonchev–Trinajstić information content (AvgIpc) is 3.16. The standard InChI is InChI=1S/C22H24N4O4S2/c1-4-29-21(28)19-14(3)24-22(31)25-20(19)15-7-5-6-8-16(15)30-12-18(27)26-23-11-17-13(2)9-10-32-17/h5-11,20H,4,12H2,1-3H3,(H,26,27)(H2,24,25,31)/t20-/m1/s1. The molecule has 3 N–H and O–H groups in total. The number of thiocarbonyl (C=S) groups is 1. The van der Waals surface area contributed by atoms with Gasteiger partial charge in [-0.3, -0.25) is 4.79 Å². The van der Waals surface area contributed by atoms with E-state index in [0.717, 1.165) is 10.4 Å². The first-order valence-corrected chi connectivity index (χ1v) is 11.2. The predicted octanol–water partition coefficient (Wildman–Crippen LogP) is 2.94. The minimum absolute atomic E-state index is 0.245. The Hall–Kier alpha value is -3.24. The second-order valence-corrected chi connectivity index (χ2v) is 8.23. The summed E-state index contributed by atoms with van der Waals surface area (Å²) in [4.78, 5) is 25.8. The molecule has 32 heavy (non-hydrogen) atoms. The molecule has 1 aromatic heterocycles. The molecule has 0 saturated heterocycles. The highest BCUT2D eigenvalue weighted by molar-refractivity contribution is 7.80. The van der Waals surface area contributed by atoms with Crippen LogP contribution < -0.4 is 20.8 Å². The van der Waals surface area contributed by atoms with Crippen molar-refractivity contribution in [2.45, 2.75) is 26.8 Å². The summed E-state index contributed by atoms with van der Waals surface area (Å²) in [7, 11) is 0. The Morgan fingerprint density at radius 3 is 2.78 bits per heavy atom. The Morgan fingerprint density at radius 2 is 2.06 bits per heavy atom. The second kappa shape index (κ2) is 10.9. The fourth-order valence-electron chi connectivity index (χ4n) is 3.11. The van der Waals surface area contributed by atoms with E-state index < -0.39 is 17.9 Å². The highest BCUT2D eigenvalue weighted by Gasteiger charge is 2.32. The number of nitrogens with one attached hydrogen (secondary N) is 3. The van der Waals surface area contributed by atoms with Gasteiger partial charge in [0.05, 0.1) is 24.4 Å². The summed E-state index contributed by atoms with van der Waals surface area (Å²) in [5, 5.41) is 12.4. The van der Waals surface area contributed by atoms with E-state index in [-0.39, 0.29) is 13.2 Å². The molecule has 0 saturated carbocycles. The maximum atomic E-state index is 12.6. The predicted molar refractivity (Wildman–Crippen MR) is 128 cm³/mol. The van der Waals surface area contributed by atoms with Crippen molar-refractivity contribution in [1.29, 1.82) is 0 Å². The number of benzene rings is 1. The Kier molecular flexibility index (Phi) is 7.96. The van der Waals surface area contributed by atoms with Crippen molar-refractivity contribution in [1.82, 2.24) is 16.1 Å². The number of para-hydroxylation sites is 1. The van der Waals surface area contributed by atoms with E-state index in [4.69, 9.17) is 21.7 Å². The number of ether oxygens (including phenoxy) is 2. The molecule has 2 heterocycles. The van der Waals surface area contributed by atoms with Crippen LogP contribution in [0.3, 0.4) is 0 Å². The SMILES string of the molecule is CCOC(=O)C1=C(C)NC(=S)N[C@@H]1c1ccccc1OCC(=O)NN=Cc1sccc1C. The molecule has 1 atom stereocenters. The Bertz CT molecular complexity index is 1080. The monoisotopic (exact) mass is 472 g/mol. The van der Waals surface area contributed by atoms with Gasteiger partial charge in [-0.05, 0) is 56.1 Å². The van der Waals surface area contributed by atoms with Gasteiger partial charge in [0.25, 0.3) is 5.91 Å². The lowest BCUT2D eigenvalue weighted by Crippen LogP contribution is -2.45. The summed E-state index contributed by atoms with van der Waals surface area (Å²) >= 11 is 6.81. The number of amides is 1. The van der Waals surface area contributed by atoms with E-state index in [0.29, 0.717) is 27.7 Å². The fraction of sp³-hybridized carbons (Fsp3) is 0.273. The zero-order chi connectivity index (χ0) is 23.1. The maximum Gasteiger partial charge on any atom is 0.338 e. The average molecular weight is 473 g/mol. The van der Waals surface area contributed by atoms with Crippen LogP contribution in [0.25, 0.3) is 0 Å². The van der Waals surface area contributed by atoms with E-state index in [9.17, 15) is 9.59 Å². The lowest BCUT2D eigenvalue weighted by Gasteiger charge is -2.30. The number of hydrazone groups is 1. The molecule has 2 aromatic rings. The third-order valence-corrected chi connectivity index (χ3v) is 5.80. The third-order valence-electron chi connectivity index (χ3n) is 4.63. The highest BCUT2D eigenvalue weighted by Crippen LogP contribution is 2.33. The van der Waals surface area contributed by atoms with Crippen molar-refractivity contribution in [3.8, 4) is 5.75 Å². The molecule has 168 valence electrons. The summed E-state index contributed by atoms with van der Waals surface area (Å²) in [6, 6.07) is 8.54. The van der Waals surface area contributed by atoms with E-state index >= 15 is 0 Å². The molecule has 0 radical (unpaired) electrons. The molecular formula is C22H24N4O4S2. The Labute approximate surface area is 195 Å². The van der Waals surface area contributed by atoms with Gasteiger partial charge in [-0.15, -0.1) is 11.3 Å². The topological polar surface area (TPSA) is 101 Å². The zero-order valence-corrected chi connectivity index (χ0v) is 19.6. The molecule has 8 nitrogen and oxygen atoms in total. The highest BCUT2D eigenvalue weighted by atomic mass is 32.1. The maximum absolute atomic E-state index is 12.6. The van der Waals surface area contributed by atoms with Crippen molar-refractivity contribution in [2.24, 2.45) is 5.10 Å². The van der Waals surface area contributed by atoms with Crippen LogP contribution in [-0.2, 0) is 14.3 Å². The first kappa shape index (κ1) is 23.4. The van der Waals surface area contributed by atoms with Crippen LogP contribution in [0.1, 0.15) is 35.9 Å². The van der Waals surface area contributed by atoms with Gasteiger partial charge in [-0.1, -0.05) is 18.2 Å². The van der Waals surface area contributed by atoms with Crippen molar-refractivity contribution in [2.75, 3.05) is 13.2 Å². The first-order valence-electron chi connectivity index (χ1n) is 9.93. The Morgan fingerprint density at radius 1 is 1.28 bits per heavy atom. The fourth-order valence-corrected chi connectivity index (χ4v) is 4.17. The molecular weight excluding hydrogens is 448 g/mol. The number of aryl methyl sites for hydroxylation is 1. The van der Waals surface area contributed by atoms with Crippen LogP contribution >= 0.6 is 23.6 Å². The normalized spacial score (nSPS) is 15.8. The number of nitrogens with zero attached hydrogens (tertiary/aromatic N) is 1. The Balaban J connectivity index is 1.73. The minimum atomic E-state index is -0.582. The van der Waals surface area contributed by atoms with Crippen molar-refractivity contribution in [3.63, 3.8) is 0 Å². The molecule has 10 heteroatoms. The van der Waals surface area contributed by atoms with Gasteiger partial charge in [0, 0.05) is 16.1 Å². The van der Waals surface area contributed by atoms with Crippen LogP contribution in [-0.4, -0.2) is 36.4 Å². The summed E-state index contributed by atoms with van der Waals surface area (Å²) in [6.45, 7) is 5.48. The van der Waals surface area contributed by atoms with Gasteiger partial charge in [0.15, 0.2) is 11.7 Å². The smallest absolute Gasteiger partial charge is 0.338 e. The number of carbonyl (C=O) groups excluding carboxylic acids is 2. The number of allylic oxidation sites excluding steroid dienone is 1. The van der Waals surface area contributed by atoms with Crippen molar-refractivity contribution >= 4 is 46.8 Å². The second-order valence-electron chi connectivity index (χ2n) is 6.88. The molecule has 0 aliphatic carbocycles. The van der Waals surface area contributed by atoms with Crippen LogP contribution in [0.15, 0.2) is 52.1 Å². The summed E-state index contributed by atoms with van der Waals surface area (Å²) in [5.41, 5.74) is 5.20. The number of hydrogen-bond acceptors (Lipinski definition) is 7. The van der Waals surface area contributed by atoms with Crippen LogP contribution in [0.5, 0.6) is 5.75 Å². The van der Waals surface area contributed by atoms with Crippen LogP contribution in [0, 0.1) is 6.92 Å². The minimum Gasteiger partial charge on any atom is -0.483 e. The largest absolute Gasteiger partial charge is 0.483 e. The van der Waals surface area contributed by atoms with Gasteiger partial charge in [-0.2, -0.15) is 5.10 Å². The van der Waals surface area contributed by atoms with Gasteiger partial charge in [-0.25, -0.2) is 10.2 Å².